The third-order valence-corrected chi connectivity index (χ3v) is 5.76. The number of aromatic nitrogens is 3. The Kier molecular flexibility index (Phi) is 5.30. The van der Waals surface area contributed by atoms with E-state index in [2.05, 4.69) is 40.1 Å². The van der Waals surface area contributed by atoms with Crippen LogP contribution < -0.4 is 0 Å². The highest BCUT2D eigenvalue weighted by Crippen LogP contribution is 2.30. The molecule has 0 aliphatic carbocycles. The lowest BCUT2D eigenvalue weighted by Crippen LogP contribution is -2.31. The number of benzene rings is 2. The highest BCUT2D eigenvalue weighted by molar-refractivity contribution is 8.00. The van der Waals surface area contributed by atoms with Crippen LogP contribution in [-0.2, 0) is 11.3 Å². The molecule has 0 saturated heterocycles. The van der Waals surface area contributed by atoms with Crippen molar-refractivity contribution < 1.29 is 4.79 Å². The van der Waals surface area contributed by atoms with Gasteiger partial charge in [-0.3, -0.25) is 4.79 Å². The maximum atomic E-state index is 12.8. The monoisotopic (exact) mass is 390 g/mol. The summed E-state index contributed by atoms with van der Waals surface area (Å²) in [6.45, 7) is 5.38. The van der Waals surface area contributed by atoms with Gasteiger partial charge in [0.15, 0.2) is 0 Å². The van der Waals surface area contributed by atoms with Crippen LogP contribution >= 0.6 is 11.8 Å². The molecule has 2 aromatic carbocycles. The van der Waals surface area contributed by atoms with E-state index in [1.165, 1.54) is 17.3 Å². The second-order valence-corrected chi connectivity index (χ2v) is 7.72. The van der Waals surface area contributed by atoms with Crippen LogP contribution in [0, 0.1) is 6.92 Å². The normalized spacial score (nSPS) is 11.2. The molecule has 28 heavy (non-hydrogen) atoms. The van der Waals surface area contributed by atoms with Crippen molar-refractivity contribution in [2.24, 2.45) is 0 Å². The van der Waals surface area contributed by atoms with Crippen molar-refractivity contribution in [1.29, 1.82) is 0 Å². The highest BCUT2D eigenvalue weighted by atomic mass is 32.2. The lowest BCUT2D eigenvalue weighted by molar-refractivity contribution is -0.128. The van der Waals surface area contributed by atoms with Crippen LogP contribution in [-0.4, -0.2) is 38.1 Å². The zero-order valence-corrected chi connectivity index (χ0v) is 16.8. The summed E-state index contributed by atoms with van der Waals surface area (Å²) in [5.41, 5.74) is 5.16. The molecular weight excluding hydrogens is 368 g/mol. The standard InChI is InChI=1S/C22H22N4OS/c1-3-26(12-16-7-5-4-6-8-16)19(27)13-28-22-21-20(23-14-24-22)17-11-15(2)9-10-18(17)25-21/h4-11,14,25H,3,12-13H2,1-2H3. The number of hydrogen-bond donors (Lipinski definition) is 1. The third-order valence-electron chi connectivity index (χ3n) is 4.79. The van der Waals surface area contributed by atoms with Crippen molar-refractivity contribution in [3.63, 3.8) is 0 Å². The molecule has 4 aromatic rings. The maximum absolute atomic E-state index is 12.8. The van der Waals surface area contributed by atoms with Crippen LogP contribution in [0.5, 0.6) is 0 Å². The molecule has 1 amide bonds. The molecule has 0 unspecified atom stereocenters. The number of rotatable bonds is 6. The minimum absolute atomic E-state index is 0.107. The number of aryl methyl sites for hydroxylation is 1. The average molecular weight is 391 g/mol. The quantitative estimate of drug-likeness (QED) is 0.387. The molecule has 4 rings (SSSR count). The molecule has 1 N–H and O–H groups in total. The molecule has 5 nitrogen and oxygen atoms in total. The summed E-state index contributed by atoms with van der Waals surface area (Å²) in [6.07, 6.45) is 1.58. The summed E-state index contributed by atoms with van der Waals surface area (Å²) in [7, 11) is 0. The summed E-state index contributed by atoms with van der Waals surface area (Å²) < 4.78 is 0. The molecular formula is C22H22N4OS. The van der Waals surface area contributed by atoms with Gasteiger partial charge in [-0.25, -0.2) is 9.97 Å². The summed E-state index contributed by atoms with van der Waals surface area (Å²) in [5.74, 6) is 0.455. The van der Waals surface area contributed by atoms with Gasteiger partial charge in [0.25, 0.3) is 0 Å². The first-order chi connectivity index (χ1) is 13.7. The summed E-state index contributed by atoms with van der Waals surface area (Å²) >= 11 is 1.46. The number of amides is 1. The summed E-state index contributed by atoms with van der Waals surface area (Å²) in [5, 5.41) is 1.90. The van der Waals surface area contributed by atoms with Gasteiger partial charge < -0.3 is 9.88 Å². The van der Waals surface area contributed by atoms with Gasteiger partial charge in [-0.05, 0) is 31.5 Å². The predicted molar refractivity (Wildman–Crippen MR) is 114 cm³/mol. The van der Waals surface area contributed by atoms with Crippen LogP contribution in [0.15, 0.2) is 59.9 Å². The lowest BCUT2D eigenvalue weighted by atomic mass is 10.2. The van der Waals surface area contributed by atoms with Crippen LogP contribution in [0.2, 0.25) is 0 Å². The van der Waals surface area contributed by atoms with Crippen molar-refractivity contribution >= 4 is 39.6 Å². The number of carbonyl (C=O) groups is 1. The fourth-order valence-corrected chi connectivity index (χ4v) is 4.15. The van der Waals surface area contributed by atoms with E-state index in [0.29, 0.717) is 18.8 Å². The predicted octanol–water partition coefficient (Wildman–Crippen LogP) is 4.56. The van der Waals surface area contributed by atoms with Crippen molar-refractivity contribution in [1.82, 2.24) is 19.9 Å². The molecule has 142 valence electrons. The van der Waals surface area contributed by atoms with E-state index in [1.54, 1.807) is 6.33 Å². The smallest absolute Gasteiger partial charge is 0.233 e. The first-order valence-corrected chi connectivity index (χ1v) is 10.3. The van der Waals surface area contributed by atoms with Crippen molar-refractivity contribution in [2.45, 2.75) is 25.4 Å². The first-order valence-electron chi connectivity index (χ1n) is 9.33. The van der Waals surface area contributed by atoms with Gasteiger partial charge in [-0.1, -0.05) is 53.7 Å². The van der Waals surface area contributed by atoms with Crippen LogP contribution in [0.25, 0.3) is 21.9 Å². The van der Waals surface area contributed by atoms with E-state index in [9.17, 15) is 4.79 Å². The number of H-pyrrole nitrogens is 1. The van der Waals surface area contributed by atoms with E-state index in [4.69, 9.17) is 0 Å². The van der Waals surface area contributed by atoms with Gasteiger partial charge in [-0.15, -0.1) is 0 Å². The molecule has 0 saturated carbocycles. The summed E-state index contributed by atoms with van der Waals surface area (Å²) in [6, 6.07) is 16.3. The van der Waals surface area contributed by atoms with Gasteiger partial charge in [0.2, 0.25) is 5.91 Å². The zero-order chi connectivity index (χ0) is 19.5. The number of thioether (sulfide) groups is 1. The van der Waals surface area contributed by atoms with Crippen molar-refractivity contribution in [3.05, 3.63) is 66.0 Å². The van der Waals surface area contributed by atoms with Crippen molar-refractivity contribution in [3.8, 4) is 0 Å². The molecule has 0 fully saturated rings. The Bertz CT molecular complexity index is 1120. The second-order valence-electron chi connectivity index (χ2n) is 6.76. The van der Waals surface area contributed by atoms with Crippen LogP contribution in [0.3, 0.4) is 0 Å². The molecule has 0 radical (unpaired) electrons. The number of nitrogens with one attached hydrogen (secondary N) is 1. The Balaban J connectivity index is 1.53. The molecule has 0 aliphatic heterocycles. The van der Waals surface area contributed by atoms with E-state index >= 15 is 0 Å². The largest absolute Gasteiger partial charge is 0.351 e. The number of carbonyl (C=O) groups excluding carboxylic acids is 1. The minimum atomic E-state index is 0.107. The molecule has 0 bridgehead atoms. The lowest BCUT2D eigenvalue weighted by Gasteiger charge is -2.20. The van der Waals surface area contributed by atoms with Gasteiger partial charge in [-0.2, -0.15) is 0 Å². The minimum Gasteiger partial charge on any atom is -0.351 e. The fourth-order valence-electron chi connectivity index (χ4n) is 3.29. The fraction of sp³-hybridized carbons (Fsp3) is 0.227. The van der Waals surface area contributed by atoms with Gasteiger partial charge in [0.05, 0.1) is 11.3 Å². The number of nitrogens with zero attached hydrogens (tertiary/aromatic N) is 3. The molecule has 2 heterocycles. The topological polar surface area (TPSA) is 61.9 Å². The molecule has 0 aliphatic rings. The number of aromatic amines is 1. The van der Waals surface area contributed by atoms with Gasteiger partial charge >= 0.3 is 0 Å². The Morgan fingerprint density at radius 3 is 2.75 bits per heavy atom. The molecule has 0 atom stereocenters. The Morgan fingerprint density at radius 1 is 1.14 bits per heavy atom. The number of hydrogen-bond acceptors (Lipinski definition) is 4. The molecule has 6 heteroatoms. The van der Waals surface area contributed by atoms with Crippen LogP contribution in [0.1, 0.15) is 18.1 Å². The zero-order valence-electron chi connectivity index (χ0n) is 16.0. The maximum Gasteiger partial charge on any atom is 0.233 e. The van der Waals surface area contributed by atoms with E-state index in [1.807, 2.05) is 42.2 Å². The van der Waals surface area contributed by atoms with E-state index < -0.39 is 0 Å². The van der Waals surface area contributed by atoms with E-state index in [0.717, 1.165) is 32.5 Å². The SMILES string of the molecule is CCN(Cc1ccccc1)C(=O)CSc1ncnc2c1[nH]c1ccc(C)cc12. The third kappa shape index (κ3) is 3.73. The van der Waals surface area contributed by atoms with Gasteiger partial charge in [0, 0.05) is 24.0 Å². The van der Waals surface area contributed by atoms with Gasteiger partial charge in [0.1, 0.15) is 16.9 Å². The Morgan fingerprint density at radius 2 is 1.96 bits per heavy atom. The first kappa shape index (κ1) is 18.5. The van der Waals surface area contributed by atoms with E-state index in [-0.39, 0.29) is 5.91 Å². The number of fused-ring (bicyclic) bond motifs is 3. The van der Waals surface area contributed by atoms with Crippen LogP contribution in [0.4, 0.5) is 0 Å². The Hall–Kier alpha value is -2.86. The Labute approximate surface area is 168 Å². The molecule has 2 aromatic heterocycles. The summed E-state index contributed by atoms with van der Waals surface area (Å²) in [4.78, 5) is 26.9. The highest BCUT2D eigenvalue weighted by Gasteiger charge is 2.16. The average Bonchev–Trinajstić information content (AvgIpc) is 3.09. The molecule has 0 spiro atoms. The second kappa shape index (κ2) is 8.02. The van der Waals surface area contributed by atoms with Crippen molar-refractivity contribution in [2.75, 3.05) is 12.3 Å².